The lowest BCUT2D eigenvalue weighted by atomic mass is 10.0. The molecule has 40 heavy (non-hydrogen) atoms. The van der Waals surface area contributed by atoms with Crippen molar-refractivity contribution in [2.45, 2.75) is 90.3 Å². The highest BCUT2D eigenvalue weighted by atomic mass is 16.5. The SMILES string of the molecule is C[C@H](O)CNC[C@H](C)c1c[nH]c(CCOc2cc(CCc3cc(CO)c(CCCCCCCN)o3)ccc2O)c1. The Morgan fingerprint density at radius 2 is 1.77 bits per heavy atom. The molecule has 0 saturated carbocycles. The maximum absolute atomic E-state index is 10.3. The molecule has 0 aliphatic carbocycles. The Hall–Kier alpha value is -2.78. The van der Waals surface area contributed by atoms with E-state index < -0.39 is 0 Å². The van der Waals surface area contributed by atoms with Gasteiger partial charge in [-0.05, 0) is 74.0 Å². The molecule has 0 spiro atoms. The van der Waals surface area contributed by atoms with Crippen LogP contribution in [0, 0.1) is 0 Å². The molecule has 7 N–H and O–H groups in total. The minimum absolute atomic E-state index is 0.00962. The zero-order valence-electron chi connectivity index (χ0n) is 24.3. The number of benzene rings is 1. The largest absolute Gasteiger partial charge is 0.504 e. The van der Waals surface area contributed by atoms with E-state index in [1.807, 2.05) is 24.4 Å². The van der Waals surface area contributed by atoms with E-state index in [-0.39, 0.29) is 18.5 Å². The molecule has 0 fully saturated rings. The molecule has 222 valence electrons. The highest BCUT2D eigenvalue weighted by molar-refractivity contribution is 5.42. The maximum Gasteiger partial charge on any atom is 0.161 e. The van der Waals surface area contributed by atoms with E-state index in [1.54, 1.807) is 13.0 Å². The highest BCUT2D eigenvalue weighted by Gasteiger charge is 2.12. The molecule has 8 heteroatoms. The number of aromatic hydroxyl groups is 1. The predicted octanol–water partition coefficient (Wildman–Crippen LogP) is 4.74. The van der Waals surface area contributed by atoms with Crippen LogP contribution in [-0.4, -0.2) is 52.6 Å². The van der Waals surface area contributed by atoms with E-state index in [2.05, 4.69) is 23.3 Å². The van der Waals surface area contributed by atoms with E-state index >= 15 is 0 Å². The lowest BCUT2D eigenvalue weighted by Gasteiger charge is -2.12. The number of hydrogen-bond donors (Lipinski definition) is 6. The summed E-state index contributed by atoms with van der Waals surface area (Å²) in [5.41, 5.74) is 9.79. The number of aliphatic hydroxyl groups excluding tert-OH is 2. The third-order valence-corrected chi connectivity index (χ3v) is 7.26. The van der Waals surface area contributed by atoms with Crippen LogP contribution >= 0.6 is 0 Å². The van der Waals surface area contributed by atoms with E-state index in [1.165, 1.54) is 18.4 Å². The van der Waals surface area contributed by atoms with Gasteiger partial charge in [0.05, 0.1) is 19.3 Å². The summed E-state index contributed by atoms with van der Waals surface area (Å²) < 4.78 is 12.0. The van der Waals surface area contributed by atoms with Crippen LogP contribution in [0.5, 0.6) is 11.5 Å². The number of hydrogen-bond acceptors (Lipinski definition) is 7. The summed E-state index contributed by atoms with van der Waals surface area (Å²) in [6.45, 7) is 6.50. The number of aromatic nitrogens is 1. The highest BCUT2D eigenvalue weighted by Crippen LogP contribution is 2.28. The Balaban J connectivity index is 1.46. The van der Waals surface area contributed by atoms with Gasteiger partial charge in [0.2, 0.25) is 0 Å². The third kappa shape index (κ3) is 10.7. The van der Waals surface area contributed by atoms with Crippen LogP contribution in [0.25, 0.3) is 0 Å². The van der Waals surface area contributed by atoms with Gasteiger partial charge >= 0.3 is 0 Å². The number of ether oxygens (including phenoxy) is 1. The van der Waals surface area contributed by atoms with Crippen molar-refractivity contribution in [1.29, 1.82) is 0 Å². The van der Waals surface area contributed by atoms with Gasteiger partial charge in [0.25, 0.3) is 0 Å². The van der Waals surface area contributed by atoms with Gasteiger partial charge in [-0.3, -0.25) is 0 Å². The molecule has 0 aliphatic heterocycles. The van der Waals surface area contributed by atoms with Crippen LogP contribution < -0.4 is 15.8 Å². The summed E-state index contributed by atoms with van der Waals surface area (Å²) in [6, 6.07) is 9.59. The van der Waals surface area contributed by atoms with Crippen LogP contribution in [-0.2, 0) is 32.3 Å². The Labute approximate surface area is 239 Å². The number of nitrogens with one attached hydrogen (secondary N) is 2. The average molecular weight is 556 g/mol. The minimum Gasteiger partial charge on any atom is -0.504 e. The standard InChI is InChI=1S/C32H49N3O5/c1-23(19-34-20-24(2)37)26-17-28(35-21-26)13-15-39-32-16-25(10-12-30(32)38)9-11-29-18-27(22-36)31(40-29)8-6-4-3-5-7-14-33/h10,12,16-18,21,23-24,34-38H,3-9,11,13-15,19-20,22,33H2,1-2H3/t23-,24-/m0/s1. The molecule has 0 unspecified atom stereocenters. The molecular formula is C32H49N3O5. The number of aliphatic hydroxyl groups is 2. The third-order valence-electron chi connectivity index (χ3n) is 7.26. The number of phenols is 1. The molecular weight excluding hydrogens is 506 g/mol. The fourth-order valence-corrected chi connectivity index (χ4v) is 4.84. The predicted molar refractivity (Wildman–Crippen MR) is 159 cm³/mol. The van der Waals surface area contributed by atoms with Gasteiger partial charge in [-0.25, -0.2) is 0 Å². The number of nitrogens with two attached hydrogens (primary N) is 1. The lowest BCUT2D eigenvalue weighted by Crippen LogP contribution is -2.27. The fourth-order valence-electron chi connectivity index (χ4n) is 4.84. The Bertz CT molecular complexity index is 1120. The fraction of sp³-hybridized carbons (Fsp3) is 0.562. The van der Waals surface area contributed by atoms with Gasteiger partial charge in [-0.15, -0.1) is 0 Å². The Morgan fingerprint density at radius 1 is 0.975 bits per heavy atom. The number of aryl methyl sites for hydroxylation is 3. The normalized spacial score (nSPS) is 13.0. The van der Waals surface area contributed by atoms with Gasteiger partial charge in [0, 0.05) is 49.8 Å². The number of furan rings is 1. The van der Waals surface area contributed by atoms with Crippen molar-refractivity contribution in [3.63, 3.8) is 0 Å². The van der Waals surface area contributed by atoms with Gasteiger partial charge in [-0.2, -0.15) is 0 Å². The second-order valence-electron chi connectivity index (χ2n) is 10.9. The van der Waals surface area contributed by atoms with Crippen LogP contribution in [0.15, 0.2) is 40.9 Å². The summed E-state index contributed by atoms with van der Waals surface area (Å²) >= 11 is 0. The van der Waals surface area contributed by atoms with E-state index in [4.69, 9.17) is 14.9 Å². The molecule has 0 aliphatic rings. The van der Waals surface area contributed by atoms with Gasteiger partial charge < -0.3 is 40.5 Å². The molecule has 2 heterocycles. The van der Waals surface area contributed by atoms with Crippen molar-refractivity contribution in [3.8, 4) is 11.5 Å². The molecule has 2 aromatic heterocycles. The topological polar surface area (TPSA) is 137 Å². The van der Waals surface area contributed by atoms with Crippen molar-refractivity contribution in [2.24, 2.45) is 5.73 Å². The van der Waals surface area contributed by atoms with Crippen molar-refractivity contribution in [3.05, 3.63) is 70.4 Å². The first-order valence-corrected chi connectivity index (χ1v) is 14.8. The van der Waals surface area contributed by atoms with Crippen molar-refractivity contribution >= 4 is 0 Å². The monoisotopic (exact) mass is 555 g/mol. The second kappa shape index (κ2) is 17.1. The van der Waals surface area contributed by atoms with Gasteiger partial charge in [0.1, 0.15) is 11.5 Å². The molecule has 0 saturated heterocycles. The summed E-state index contributed by atoms with van der Waals surface area (Å²) in [6.07, 6.45) is 10.3. The quantitative estimate of drug-likeness (QED) is 0.111. The number of unbranched alkanes of at least 4 members (excludes halogenated alkanes) is 4. The minimum atomic E-state index is -0.352. The molecule has 3 aromatic rings. The summed E-state index contributed by atoms with van der Waals surface area (Å²) in [7, 11) is 0. The molecule has 1 aromatic carbocycles. The molecule has 0 bridgehead atoms. The average Bonchev–Trinajstić information content (AvgIpc) is 3.57. The van der Waals surface area contributed by atoms with Crippen LogP contribution in [0.2, 0.25) is 0 Å². The van der Waals surface area contributed by atoms with Gasteiger partial charge in [-0.1, -0.05) is 32.3 Å². The number of H-pyrrole nitrogens is 1. The Morgan fingerprint density at radius 3 is 2.55 bits per heavy atom. The first-order chi connectivity index (χ1) is 19.4. The lowest BCUT2D eigenvalue weighted by molar-refractivity contribution is 0.191. The zero-order valence-corrected chi connectivity index (χ0v) is 24.3. The first kappa shape index (κ1) is 31.7. The van der Waals surface area contributed by atoms with Crippen molar-refractivity contribution < 1.29 is 24.5 Å². The number of phenolic OH excluding ortho intramolecular Hbond substituents is 1. The van der Waals surface area contributed by atoms with Crippen molar-refractivity contribution in [1.82, 2.24) is 10.3 Å². The molecule has 8 nitrogen and oxygen atoms in total. The van der Waals surface area contributed by atoms with Crippen LogP contribution in [0.4, 0.5) is 0 Å². The molecule has 3 rings (SSSR count). The first-order valence-electron chi connectivity index (χ1n) is 14.8. The number of aromatic amines is 1. The van der Waals surface area contributed by atoms with E-state index in [0.717, 1.165) is 73.5 Å². The maximum atomic E-state index is 10.3. The van der Waals surface area contributed by atoms with Crippen LogP contribution in [0.3, 0.4) is 0 Å². The summed E-state index contributed by atoms with van der Waals surface area (Å²) in [5, 5.41) is 32.8. The van der Waals surface area contributed by atoms with Crippen LogP contribution in [0.1, 0.15) is 85.8 Å². The van der Waals surface area contributed by atoms with Gasteiger partial charge in [0.15, 0.2) is 11.5 Å². The van der Waals surface area contributed by atoms with E-state index in [0.29, 0.717) is 37.7 Å². The second-order valence-corrected chi connectivity index (χ2v) is 10.9. The molecule has 0 amide bonds. The Kier molecular flexibility index (Phi) is 13.6. The number of rotatable bonds is 20. The summed E-state index contributed by atoms with van der Waals surface area (Å²) in [5.74, 6) is 2.70. The smallest absolute Gasteiger partial charge is 0.161 e. The zero-order chi connectivity index (χ0) is 28.7. The van der Waals surface area contributed by atoms with E-state index in [9.17, 15) is 15.3 Å². The molecule has 2 atom stereocenters. The summed E-state index contributed by atoms with van der Waals surface area (Å²) in [4.78, 5) is 3.32. The van der Waals surface area contributed by atoms with Crippen molar-refractivity contribution in [2.75, 3.05) is 26.2 Å². The molecule has 0 radical (unpaired) electrons.